The maximum Gasteiger partial charge on any atom is 0.231 e. The predicted octanol–water partition coefficient (Wildman–Crippen LogP) is 1.92. The highest BCUT2D eigenvalue weighted by Crippen LogP contribution is 2.27. The van der Waals surface area contributed by atoms with Gasteiger partial charge in [0.15, 0.2) is 0 Å². The van der Waals surface area contributed by atoms with Crippen LogP contribution in [0, 0.1) is 5.41 Å². The summed E-state index contributed by atoms with van der Waals surface area (Å²) in [7, 11) is 0. The zero-order valence-electron chi connectivity index (χ0n) is 10.7. The van der Waals surface area contributed by atoms with Gasteiger partial charge in [0.25, 0.3) is 0 Å². The van der Waals surface area contributed by atoms with Crippen molar-refractivity contribution in [1.82, 2.24) is 15.5 Å². The van der Waals surface area contributed by atoms with Crippen LogP contribution in [0.4, 0.5) is 5.69 Å². The van der Waals surface area contributed by atoms with E-state index in [1.54, 1.807) is 6.20 Å². The summed E-state index contributed by atoms with van der Waals surface area (Å²) in [5, 5.41) is 14.1. The Bertz CT molecular complexity index is 589. The first-order chi connectivity index (χ1) is 8.67. The molecule has 1 fully saturated rings. The number of nitrogens with one attached hydrogen (secondary N) is 3. The average molecular weight is 281 g/mol. The monoisotopic (exact) mass is 280 g/mol. The molecule has 1 amide bonds. The van der Waals surface area contributed by atoms with Gasteiger partial charge in [0.1, 0.15) is 0 Å². The molecule has 3 N–H and O–H groups in total. The number of rotatable bonds is 2. The Labute approximate surface area is 117 Å². The van der Waals surface area contributed by atoms with Crippen molar-refractivity contribution in [3.05, 3.63) is 24.4 Å². The van der Waals surface area contributed by atoms with Crippen molar-refractivity contribution in [2.45, 2.75) is 13.3 Å². The van der Waals surface area contributed by atoms with Gasteiger partial charge in [-0.15, -0.1) is 12.4 Å². The lowest BCUT2D eigenvalue weighted by molar-refractivity contribution is -0.123. The number of carbonyl (C=O) groups excluding carboxylic acids is 1. The molecule has 0 radical (unpaired) electrons. The standard InChI is InChI=1S/C13H16N4O.ClH/c1-13(4-5-14-8-13)12(18)16-10-2-3-11-9(6-10)7-15-17-11;/h2-3,6-7,14H,4-5,8H2,1H3,(H,15,17)(H,16,18);1H. The maximum atomic E-state index is 12.2. The van der Waals surface area contributed by atoms with E-state index in [2.05, 4.69) is 20.8 Å². The van der Waals surface area contributed by atoms with Crippen LogP contribution >= 0.6 is 12.4 Å². The molecule has 1 atom stereocenters. The van der Waals surface area contributed by atoms with Crippen molar-refractivity contribution < 1.29 is 4.79 Å². The molecular formula is C13H17ClN4O. The fourth-order valence-corrected chi connectivity index (χ4v) is 2.31. The molecule has 19 heavy (non-hydrogen) atoms. The molecule has 0 aliphatic carbocycles. The Morgan fingerprint density at radius 3 is 3.05 bits per heavy atom. The summed E-state index contributed by atoms with van der Waals surface area (Å²) >= 11 is 0. The van der Waals surface area contributed by atoms with Crippen molar-refractivity contribution in [2.75, 3.05) is 18.4 Å². The van der Waals surface area contributed by atoms with Crippen LogP contribution in [0.2, 0.25) is 0 Å². The Hall–Kier alpha value is -1.59. The number of fused-ring (bicyclic) bond motifs is 1. The first-order valence-corrected chi connectivity index (χ1v) is 6.13. The zero-order valence-corrected chi connectivity index (χ0v) is 11.5. The average Bonchev–Trinajstić information content (AvgIpc) is 2.98. The smallest absolute Gasteiger partial charge is 0.231 e. The van der Waals surface area contributed by atoms with E-state index in [9.17, 15) is 4.79 Å². The van der Waals surface area contributed by atoms with Gasteiger partial charge < -0.3 is 10.6 Å². The summed E-state index contributed by atoms with van der Waals surface area (Å²) in [5.74, 6) is 0.0790. The third-order valence-electron chi connectivity index (χ3n) is 3.61. The molecule has 1 aliphatic rings. The van der Waals surface area contributed by atoms with Crippen molar-refractivity contribution in [1.29, 1.82) is 0 Å². The highest BCUT2D eigenvalue weighted by atomic mass is 35.5. The van der Waals surface area contributed by atoms with Crippen molar-refractivity contribution in [3.8, 4) is 0 Å². The Kier molecular flexibility index (Phi) is 3.78. The van der Waals surface area contributed by atoms with E-state index in [0.717, 1.165) is 36.1 Å². The molecule has 1 aromatic heterocycles. The third kappa shape index (κ3) is 2.57. The molecule has 3 rings (SSSR count). The molecular weight excluding hydrogens is 264 g/mol. The number of benzene rings is 1. The Balaban J connectivity index is 0.00000133. The van der Waals surface area contributed by atoms with Crippen LogP contribution < -0.4 is 10.6 Å². The van der Waals surface area contributed by atoms with Gasteiger partial charge in [0.05, 0.1) is 17.1 Å². The summed E-state index contributed by atoms with van der Waals surface area (Å²) in [6, 6.07) is 5.75. The highest BCUT2D eigenvalue weighted by Gasteiger charge is 2.36. The molecule has 102 valence electrons. The van der Waals surface area contributed by atoms with Crippen LogP contribution in [0.1, 0.15) is 13.3 Å². The Morgan fingerprint density at radius 1 is 1.47 bits per heavy atom. The van der Waals surface area contributed by atoms with Crippen LogP contribution in [0.5, 0.6) is 0 Å². The van der Waals surface area contributed by atoms with E-state index < -0.39 is 0 Å². The first kappa shape index (κ1) is 13.8. The molecule has 0 bridgehead atoms. The maximum absolute atomic E-state index is 12.2. The van der Waals surface area contributed by atoms with E-state index in [0.29, 0.717) is 0 Å². The van der Waals surface area contributed by atoms with Gasteiger partial charge in [-0.2, -0.15) is 5.10 Å². The number of hydrogen-bond acceptors (Lipinski definition) is 3. The number of hydrogen-bond donors (Lipinski definition) is 3. The number of aromatic amines is 1. The molecule has 0 saturated carbocycles. The summed E-state index contributed by atoms with van der Waals surface area (Å²) in [6.45, 7) is 3.65. The minimum atomic E-state index is -0.300. The number of amides is 1. The zero-order chi connectivity index (χ0) is 12.6. The predicted molar refractivity (Wildman–Crippen MR) is 77.6 cm³/mol. The lowest BCUT2D eigenvalue weighted by atomic mass is 9.89. The van der Waals surface area contributed by atoms with Gasteiger partial charge in [-0.05, 0) is 38.1 Å². The van der Waals surface area contributed by atoms with E-state index in [1.807, 2.05) is 25.1 Å². The SMILES string of the molecule is CC1(C(=O)Nc2ccc3[nH]ncc3c2)CCNC1.Cl. The fraction of sp³-hybridized carbons (Fsp3) is 0.385. The van der Waals surface area contributed by atoms with Gasteiger partial charge in [0, 0.05) is 17.6 Å². The number of halogens is 1. The normalized spacial score (nSPS) is 22.2. The fourth-order valence-electron chi connectivity index (χ4n) is 2.31. The van der Waals surface area contributed by atoms with Crippen molar-refractivity contribution in [3.63, 3.8) is 0 Å². The third-order valence-corrected chi connectivity index (χ3v) is 3.61. The van der Waals surface area contributed by atoms with Crippen molar-refractivity contribution in [2.24, 2.45) is 5.41 Å². The van der Waals surface area contributed by atoms with Crippen LogP contribution in [0.3, 0.4) is 0 Å². The van der Waals surface area contributed by atoms with Gasteiger partial charge >= 0.3 is 0 Å². The van der Waals surface area contributed by atoms with E-state index >= 15 is 0 Å². The van der Waals surface area contributed by atoms with Gasteiger partial charge in [0.2, 0.25) is 5.91 Å². The number of H-pyrrole nitrogens is 1. The van der Waals surface area contributed by atoms with E-state index in [1.165, 1.54) is 0 Å². The molecule has 5 nitrogen and oxygen atoms in total. The minimum Gasteiger partial charge on any atom is -0.326 e. The van der Waals surface area contributed by atoms with Gasteiger partial charge in [-0.1, -0.05) is 0 Å². The van der Waals surface area contributed by atoms with Crippen LogP contribution in [0.15, 0.2) is 24.4 Å². The lowest BCUT2D eigenvalue weighted by Gasteiger charge is -2.21. The lowest BCUT2D eigenvalue weighted by Crippen LogP contribution is -2.35. The van der Waals surface area contributed by atoms with E-state index in [4.69, 9.17) is 0 Å². The topological polar surface area (TPSA) is 69.8 Å². The summed E-state index contributed by atoms with van der Waals surface area (Å²) in [6.07, 6.45) is 2.64. The molecule has 1 unspecified atom stereocenters. The van der Waals surface area contributed by atoms with Crippen LogP contribution in [0.25, 0.3) is 10.9 Å². The number of nitrogens with zero attached hydrogens (tertiary/aromatic N) is 1. The molecule has 6 heteroatoms. The second kappa shape index (κ2) is 5.19. The van der Waals surface area contributed by atoms with Gasteiger partial charge in [-0.3, -0.25) is 9.89 Å². The molecule has 1 aliphatic heterocycles. The number of carbonyl (C=O) groups is 1. The van der Waals surface area contributed by atoms with Crippen LogP contribution in [-0.4, -0.2) is 29.2 Å². The first-order valence-electron chi connectivity index (χ1n) is 6.13. The summed E-state index contributed by atoms with van der Waals surface area (Å²) in [4.78, 5) is 12.2. The summed E-state index contributed by atoms with van der Waals surface area (Å²) < 4.78 is 0. The molecule has 2 heterocycles. The van der Waals surface area contributed by atoms with Gasteiger partial charge in [-0.25, -0.2) is 0 Å². The number of aromatic nitrogens is 2. The molecule has 1 aromatic carbocycles. The summed E-state index contributed by atoms with van der Waals surface area (Å²) in [5.41, 5.74) is 1.49. The molecule has 0 spiro atoms. The Morgan fingerprint density at radius 2 is 2.32 bits per heavy atom. The largest absolute Gasteiger partial charge is 0.326 e. The minimum absolute atomic E-state index is 0. The van der Waals surface area contributed by atoms with Crippen molar-refractivity contribution >= 4 is 34.9 Å². The molecule has 1 saturated heterocycles. The molecule has 2 aromatic rings. The number of anilines is 1. The quantitative estimate of drug-likeness (QED) is 0.787. The van der Waals surface area contributed by atoms with E-state index in [-0.39, 0.29) is 23.7 Å². The second-order valence-electron chi connectivity index (χ2n) is 5.11. The highest BCUT2D eigenvalue weighted by molar-refractivity contribution is 5.97. The second-order valence-corrected chi connectivity index (χ2v) is 5.11. The van der Waals surface area contributed by atoms with Crippen LogP contribution in [-0.2, 0) is 4.79 Å².